The number of nitrogens with two attached hydrogens (primary N) is 1. The second kappa shape index (κ2) is 9.91. The summed E-state index contributed by atoms with van der Waals surface area (Å²) in [6.45, 7) is 4.27. The Bertz CT molecular complexity index is 1160. The number of piperidine rings is 1. The molecule has 3 amide bonds. The number of likely N-dealkylation sites (tertiary alicyclic amines) is 1. The lowest BCUT2D eigenvalue weighted by Gasteiger charge is -2.34. The molecule has 1 heterocycles. The van der Waals surface area contributed by atoms with Crippen molar-refractivity contribution in [2.45, 2.75) is 82.7 Å². The molecule has 5 rings (SSSR count). The third-order valence-corrected chi connectivity index (χ3v) is 9.12. The maximum Gasteiger partial charge on any atom is 0.389 e. The van der Waals surface area contributed by atoms with E-state index in [0.717, 1.165) is 11.1 Å². The summed E-state index contributed by atoms with van der Waals surface area (Å²) in [5.74, 6) is -3.51. The van der Waals surface area contributed by atoms with Crippen LogP contribution in [0.15, 0.2) is 24.3 Å². The van der Waals surface area contributed by atoms with Crippen molar-refractivity contribution in [1.29, 1.82) is 0 Å². The molecule has 3 aliphatic carbocycles. The quantitative estimate of drug-likeness (QED) is 0.407. The van der Waals surface area contributed by atoms with Crippen molar-refractivity contribution >= 4 is 23.5 Å². The van der Waals surface area contributed by atoms with E-state index in [2.05, 4.69) is 10.6 Å². The van der Waals surface area contributed by atoms with Gasteiger partial charge >= 0.3 is 6.18 Å². The Labute approximate surface area is 225 Å². The molecule has 1 saturated heterocycles. The maximum atomic E-state index is 13.6. The highest BCUT2D eigenvalue weighted by Gasteiger charge is 2.69. The molecule has 4 aliphatic rings. The third-order valence-electron chi connectivity index (χ3n) is 9.12. The summed E-state index contributed by atoms with van der Waals surface area (Å²) >= 11 is 0. The zero-order valence-electron chi connectivity index (χ0n) is 22.1. The Balaban J connectivity index is 1.31. The standard InChI is InChI=1S/C28H35F3N4O4/c1-27(2)18-13-35(26(39)21(32)16-11-14-5-3-4-6-15(14)12-16)22(20(18)27)24(37)34-19(9-10-28(29,30)31)23(36)25(38)33-17-7-8-17/h3-6,16-22H,7-13,32H2,1-2H3,(H,33,38)(H,34,37)/t18-,19?,20-,21-,22-/m0/s1. The van der Waals surface area contributed by atoms with Gasteiger partial charge in [-0.25, -0.2) is 0 Å². The highest BCUT2D eigenvalue weighted by molar-refractivity contribution is 6.38. The van der Waals surface area contributed by atoms with Crippen LogP contribution in [0.4, 0.5) is 13.2 Å². The van der Waals surface area contributed by atoms with Gasteiger partial charge in [-0.05, 0) is 66.4 Å². The van der Waals surface area contributed by atoms with E-state index in [0.29, 0.717) is 32.2 Å². The van der Waals surface area contributed by atoms with Crippen molar-refractivity contribution in [3.05, 3.63) is 35.4 Å². The van der Waals surface area contributed by atoms with E-state index in [1.807, 2.05) is 38.1 Å². The van der Waals surface area contributed by atoms with Gasteiger partial charge in [0.15, 0.2) is 0 Å². The van der Waals surface area contributed by atoms with Crippen LogP contribution in [0.2, 0.25) is 0 Å². The van der Waals surface area contributed by atoms with E-state index in [4.69, 9.17) is 5.73 Å². The summed E-state index contributed by atoms with van der Waals surface area (Å²) in [4.78, 5) is 53.8. The molecule has 0 bridgehead atoms. The van der Waals surface area contributed by atoms with E-state index in [1.165, 1.54) is 4.90 Å². The van der Waals surface area contributed by atoms with Crippen molar-refractivity contribution in [3.63, 3.8) is 0 Å². The number of benzene rings is 1. The van der Waals surface area contributed by atoms with Crippen molar-refractivity contribution < 1.29 is 32.3 Å². The molecule has 11 heteroatoms. The summed E-state index contributed by atoms with van der Waals surface area (Å²) in [5, 5.41) is 4.91. The van der Waals surface area contributed by atoms with Gasteiger partial charge in [0, 0.05) is 19.0 Å². The first-order valence-electron chi connectivity index (χ1n) is 13.6. The van der Waals surface area contributed by atoms with Gasteiger partial charge in [0.25, 0.3) is 5.91 Å². The second-order valence-electron chi connectivity index (χ2n) is 12.2. The molecule has 39 heavy (non-hydrogen) atoms. The molecular weight excluding hydrogens is 513 g/mol. The fourth-order valence-corrected chi connectivity index (χ4v) is 6.53. The number of hydrogen-bond acceptors (Lipinski definition) is 5. The van der Waals surface area contributed by atoms with Crippen LogP contribution >= 0.6 is 0 Å². The normalized spacial score (nSPS) is 26.8. The fourth-order valence-electron chi connectivity index (χ4n) is 6.53. The number of nitrogens with zero attached hydrogens (tertiary/aromatic N) is 1. The lowest BCUT2D eigenvalue weighted by atomic mass is 9.94. The molecule has 1 aliphatic heterocycles. The highest BCUT2D eigenvalue weighted by Crippen LogP contribution is 2.65. The number of carbonyl (C=O) groups excluding carboxylic acids is 4. The minimum Gasteiger partial charge on any atom is -0.347 e. The summed E-state index contributed by atoms with van der Waals surface area (Å²) < 4.78 is 39.1. The number of carbonyl (C=O) groups is 4. The molecular formula is C28H35F3N4O4. The number of amides is 3. The van der Waals surface area contributed by atoms with E-state index in [-0.39, 0.29) is 35.1 Å². The maximum absolute atomic E-state index is 13.6. The fraction of sp³-hybridized carbons (Fsp3) is 0.643. The predicted molar refractivity (Wildman–Crippen MR) is 135 cm³/mol. The average molecular weight is 549 g/mol. The van der Waals surface area contributed by atoms with Crippen molar-refractivity contribution in [1.82, 2.24) is 15.5 Å². The number of Topliss-reactive ketones (excluding diaryl/α,β-unsaturated/α-hetero) is 1. The van der Waals surface area contributed by atoms with Gasteiger partial charge in [0.2, 0.25) is 17.6 Å². The second-order valence-corrected chi connectivity index (χ2v) is 12.2. The SMILES string of the molecule is CC1(C)[C@@H]2[C@@H](C(=O)NC(CCC(F)(F)F)C(=O)C(=O)NC3CC3)N(C(=O)[C@@H](N)C3Cc4ccccc4C3)C[C@@H]21. The Kier molecular flexibility index (Phi) is 7.01. The average Bonchev–Trinajstić information content (AvgIpc) is 3.62. The van der Waals surface area contributed by atoms with Gasteiger partial charge < -0.3 is 21.3 Å². The van der Waals surface area contributed by atoms with Crippen LogP contribution in [0.1, 0.15) is 50.7 Å². The van der Waals surface area contributed by atoms with Crippen LogP contribution in [0.25, 0.3) is 0 Å². The zero-order chi connectivity index (χ0) is 28.3. The topological polar surface area (TPSA) is 122 Å². The van der Waals surface area contributed by atoms with E-state index >= 15 is 0 Å². The molecule has 5 atom stereocenters. The van der Waals surface area contributed by atoms with Gasteiger partial charge in [0.05, 0.1) is 12.1 Å². The lowest BCUT2D eigenvalue weighted by Crippen LogP contribution is -2.58. The number of halogens is 3. The molecule has 0 radical (unpaired) electrons. The van der Waals surface area contributed by atoms with Crippen LogP contribution in [0, 0.1) is 23.2 Å². The molecule has 212 valence electrons. The smallest absolute Gasteiger partial charge is 0.347 e. The molecule has 3 fully saturated rings. The Hall–Kier alpha value is -2.95. The monoisotopic (exact) mass is 548 g/mol. The number of alkyl halides is 3. The van der Waals surface area contributed by atoms with E-state index in [9.17, 15) is 32.3 Å². The molecule has 2 saturated carbocycles. The Morgan fingerprint density at radius 3 is 2.28 bits per heavy atom. The third kappa shape index (κ3) is 5.55. The molecule has 1 unspecified atom stereocenters. The van der Waals surface area contributed by atoms with Crippen molar-refractivity contribution in [2.75, 3.05) is 6.54 Å². The largest absolute Gasteiger partial charge is 0.389 e. The molecule has 1 aromatic carbocycles. The first-order valence-corrected chi connectivity index (χ1v) is 13.6. The van der Waals surface area contributed by atoms with Gasteiger partial charge in [-0.15, -0.1) is 0 Å². The van der Waals surface area contributed by atoms with Gasteiger partial charge in [0.1, 0.15) is 6.04 Å². The minimum absolute atomic E-state index is 0.0349. The number of rotatable bonds is 9. The Morgan fingerprint density at radius 2 is 1.72 bits per heavy atom. The summed E-state index contributed by atoms with van der Waals surface area (Å²) in [6, 6.07) is 4.26. The van der Waals surface area contributed by atoms with E-state index < -0.39 is 54.7 Å². The van der Waals surface area contributed by atoms with E-state index in [1.54, 1.807) is 0 Å². The van der Waals surface area contributed by atoms with Crippen molar-refractivity contribution in [3.8, 4) is 0 Å². The van der Waals surface area contributed by atoms with Crippen LogP contribution in [-0.4, -0.2) is 65.3 Å². The van der Waals surface area contributed by atoms with Crippen LogP contribution in [0.5, 0.6) is 0 Å². The predicted octanol–water partition coefficient (Wildman–Crippen LogP) is 1.89. The molecule has 0 spiro atoms. The lowest BCUT2D eigenvalue weighted by molar-refractivity contribution is -0.147. The van der Waals surface area contributed by atoms with Crippen molar-refractivity contribution in [2.24, 2.45) is 28.9 Å². The number of ketones is 1. The number of nitrogens with one attached hydrogen (secondary N) is 2. The summed E-state index contributed by atoms with van der Waals surface area (Å²) in [7, 11) is 0. The zero-order valence-corrected chi connectivity index (χ0v) is 22.1. The molecule has 4 N–H and O–H groups in total. The van der Waals surface area contributed by atoms with Gasteiger partial charge in [-0.1, -0.05) is 38.1 Å². The van der Waals surface area contributed by atoms with Crippen LogP contribution < -0.4 is 16.4 Å². The minimum atomic E-state index is -4.57. The number of hydrogen-bond donors (Lipinski definition) is 3. The molecule has 8 nitrogen and oxygen atoms in total. The Morgan fingerprint density at radius 1 is 1.10 bits per heavy atom. The van der Waals surface area contributed by atoms with Gasteiger partial charge in [-0.3, -0.25) is 19.2 Å². The number of fused-ring (bicyclic) bond motifs is 2. The van der Waals surface area contributed by atoms with Gasteiger partial charge in [-0.2, -0.15) is 13.2 Å². The van der Waals surface area contributed by atoms with Crippen LogP contribution in [-0.2, 0) is 32.0 Å². The highest BCUT2D eigenvalue weighted by atomic mass is 19.4. The molecule has 1 aromatic rings. The van der Waals surface area contributed by atoms with Crippen LogP contribution in [0.3, 0.4) is 0 Å². The summed E-state index contributed by atoms with van der Waals surface area (Å²) in [6.07, 6.45) is -3.97. The first kappa shape index (κ1) is 27.6. The first-order chi connectivity index (χ1) is 18.3. The summed E-state index contributed by atoms with van der Waals surface area (Å²) in [5.41, 5.74) is 8.48. The molecule has 0 aromatic heterocycles.